The van der Waals surface area contributed by atoms with Gasteiger partial charge in [0.05, 0.1) is 0 Å². The highest BCUT2D eigenvalue weighted by molar-refractivity contribution is 6.32. The smallest absolute Gasteiger partial charge is 0.159 e. The normalized spacial score (nSPS) is 26.3. The van der Waals surface area contributed by atoms with Crippen LogP contribution >= 0.6 is 11.6 Å². The molecule has 1 N–H and O–H groups in total. The van der Waals surface area contributed by atoms with Gasteiger partial charge in [0.2, 0.25) is 0 Å². The first-order chi connectivity index (χ1) is 8.59. The highest BCUT2D eigenvalue weighted by atomic mass is 35.5. The summed E-state index contributed by atoms with van der Waals surface area (Å²) in [6.07, 6.45) is 4.35. The minimum atomic E-state index is -0.636. The molecular weight excluding hydrogens is 255 g/mol. The molecule has 1 aromatic rings. The van der Waals surface area contributed by atoms with Crippen molar-refractivity contribution >= 4 is 23.0 Å². The van der Waals surface area contributed by atoms with Crippen molar-refractivity contribution < 1.29 is 14.3 Å². The Bertz CT molecular complexity index is 565. The van der Waals surface area contributed by atoms with E-state index in [0.717, 1.165) is 24.8 Å². The molecule has 2 aliphatic carbocycles. The molecule has 0 radical (unpaired) electrons. The molecule has 4 heteroatoms. The Labute approximate surface area is 109 Å². The lowest BCUT2D eigenvalue weighted by molar-refractivity contribution is -0.117. The van der Waals surface area contributed by atoms with Gasteiger partial charge in [-0.15, -0.1) is 0 Å². The van der Waals surface area contributed by atoms with Gasteiger partial charge in [-0.3, -0.25) is 4.79 Å². The second-order valence-electron chi connectivity index (χ2n) is 4.91. The molecule has 1 saturated carbocycles. The van der Waals surface area contributed by atoms with Gasteiger partial charge < -0.3 is 5.11 Å². The van der Waals surface area contributed by atoms with Gasteiger partial charge >= 0.3 is 0 Å². The fraction of sp³-hybridized carbons (Fsp3) is 0.357. The van der Waals surface area contributed by atoms with Crippen molar-refractivity contribution in [2.75, 3.05) is 0 Å². The Balaban J connectivity index is 2.09. The molecule has 2 aliphatic rings. The molecule has 2 unspecified atom stereocenters. The largest absolute Gasteiger partial charge is 0.506 e. The van der Waals surface area contributed by atoms with E-state index in [-0.39, 0.29) is 28.4 Å². The summed E-state index contributed by atoms with van der Waals surface area (Å²) in [7, 11) is 0. The van der Waals surface area contributed by atoms with E-state index >= 15 is 0 Å². The van der Waals surface area contributed by atoms with Gasteiger partial charge in [-0.05, 0) is 42.5 Å². The van der Waals surface area contributed by atoms with Crippen LogP contribution in [0.2, 0.25) is 5.02 Å². The average molecular weight is 267 g/mol. The van der Waals surface area contributed by atoms with Crippen LogP contribution in [0.15, 0.2) is 18.2 Å². The predicted octanol–water partition coefficient (Wildman–Crippen LogP) is 3.57. The Hall–Kier alpha value is -1.35. The molecule has 2 atom stereocenters. The van der Waals surface area contributed by atoms with Crippen molar-refractivity contribution in [1.29, 1.82) is 0 Å². The molecule has 1 aromatic carbocycles. The summed E-state index contributed by atoms with van der Waals surface area (Å²) in [4.78, 5) is 11.8. The molecule has 0 bridgehead atoms. The van der Waals surface area contributed by atoms with E-state index < -0.39 is 5.82 Å². The molecule has 94 valence electrons. The number of aromatic hydroxyl groups is 1. The summed E-state index contributed by atoms with van der Waals surface area (Å²) in [5.74, 6) is -0.676. The number of phenolic OH excluding ortho intramolecular Hbond substituents is 1. The minimum Gasteiger partial charge on any atom is -0.506 e. The SMILES string of the molecule is O=C1C=C(c2ccc(O)c(Cl)c2F)C2CCCC12. The molecule has 0 spiro atoms. The lowest BCUT2D eigenvalue weighted by atomic mass is 9.90. The second kappa shape index (κ2) is 4.09. The monoisotopic (exact) mass is 266 g/mol. The van der Waals surface area contributed by atoms with Crippen LogP contribution in [0.4, 0.5) is 4.39 Å². The quantitative estimate of drug-likeness (QED) is 0.844. The van der Waals surface area contributed by atoms with Crippen LogP contribution in [0.5, 0.6) is 5.75 Å². The van der Waals surface area contributed by atoms with E-state index in [4.69, 9.17) is 11.6 Å². The molecule has 0 saturated heterocycles. The van der Waals surface area contributed by atoms with Crippen molar-refractivity contribution in [3.63, 3.8) is 0 Å². The predicted molar refractivity (Wildman–Crippen MR) is 66.9 cm³/mol. The highest BCUT2D eigenvalue weighted by Gasteiger charge is 2.40. The van der Waals surface area contributed by atoms with E-state index in [2.05, 4.69) is 0 Å². The standard InChI is InChI=1S/C14H12ClFO2/c15-13-11(17)5-4-9(14(13)16)10-6-12(18)8-3-1-2-7(8)10/h4-8,17H,1-3H2. The lowest BCUT2D eigenvalue weighted by Crippen LogP contribution is -2.10. The molecule has 2 nitrogen and oxygen atoms in total. The fourth-order valence-electron chi connectivity index (χ4n) is 3.08. The Kier molecular flexibility index (Phi) is 2.67. The number of hydrogen-bond acceptors (Lipinski definition) is 2. The summed E-state index contributed by atoms with van der Waals surface area (Å²) in [6.45, 7) is 0. The summed E-state index contributed by atoms with van der Waals surface area (Å²) < 4.78 is 14.1. The van der Waals surface area contributed by atoms with Crippen LogP contribution < -0.4 is 0 Å². The summed E-state index contributed by atoms with van der Waals surface area (Å²) >= 11 is 5.70. The maximum absolute atomic E-state index is 14.1. The van der Waals surface area contributed by atoms with Crippen LogP contribution in [0.1, 0.15) is 24.8 Å². The number of carbonyl (C=O) groups excluding carboxylic acids is 1. The van der Waals surface area contributed by atoms with Crippen molar-refractivity contribution in [1.82, 2.24) is 0 Å². The first-order valence-electron chi connectivity index (χ1n) is 6.02. The van der Waals surface area contributed by atoms with Crippen molar-refractivity contribution in [3.8, 4) is 5.75 Å². The lowest BCUT2D eigenvalue weighted by Gasteiger charge is -2.14. The van der Waals surface area contributed by atoms with E-state index in [9.17, 15) is 14.3 Å². The van der Waals surface area contributed by atoms with Crippen molar-refractivity contribution in [2.24, 2.45) is 11.8 Å². The topological polar surface area (TPSA) is 37.3 Å². The van der Waals surface area contributed by atoms with Gasteiger partial charge in [-0.2, -0.15) is 0 Å². The first-order valence-corrected chi connectivity index (χ1v) is 6.40. The van der Waals surface area contributed by atoms with Crippen LogP contribution in [0, 0.1) is 17.7 Å². The van der Waals surface area contributed by atoms with E-state index in [0.29, 0.717) is 5.56 Å². The van der Waals surface area contributed by atoms with Gasteiger partial charge in [-0.1, -0.05) is 18.0 Å². The first kappa shape index (κ1) is 11.7. The third-order valence-corrected chi connectivity index (χ3v) is 4.31. The number of allylic oxidation sites excluding steroid dienone is 2. The second-order valence-corrected chi connectivity index (χ2v) is 5.28. The molecule has 1 fully saturated rings. The molecule has 0 amide bonds. The van der Waals surface area contributed by atoms with E-state index in [1.54, 1.807) is 6.08 Å². The molecule has 0 aromatic heterocycles. The maximum atomic E-state index is 14.1. The Morgan fingerprint density at radius 3 is 2.78 bits per heavy atom. The maximum Gasteiger partial charge on any atom is 0.159 e. The molecule has 0 aliphatic heterocycles. The number of benzene rings is 1. The molecule has 0 heterocycles. The molecule has 3 rings (SSSR count). The summed E-state index contributed by atoms with van der Waals surface area (Å²) in [5, 5.41) is 9.07. The van der Waals surface area contributed by atoms with Crippen molar-refractivity contribution in [2.45, 2.75) is 19.3 Å². The van der Waals surface area contributed by atoms with Gasteiger partial charge in [0.15, 0.2) is 11.6 Å². The minimum absolute atomic E-state index is 0.0204. The number of phenols is 1. The number of fused-ring (bicyclic) bond motifs is 1. The molecule has 18 heavy (non-hydrogen) atoms. The summed E-state index contributed by atoms with van der Waals surface area (Å²) in [6, 6.07) is 2.87. The third-order valence-electron chi connectivity index (χ3n) is 3.95. The van der Waals surface area contributed by atoms with Crippen LogP contribution in [-0.4, -0.2) is 10.9 Å². The Morgan fingerprint density at radius 2 is 2.00 bits per heavy atom. The Morgan fingerprint density at radius 1 is 1.28 bits per heavy atom. The van der Waals surface area contributed by atoms with Crippen molar-refractivity contribution in [3.05, 3.63) is 34.6 Å². The zero-order valence-electron chi connectivity index (χ0n) is 9.62. The zero-order chi connectivity index (χ0) is 12.9. The zero-order valence-corrected chi connectivity index (χ0v) is 10.4. The summed E-state index contributed by atoms with van der Waals surface area (Å²) in [5.41, 5.74) is 1.09. The van der Waals surface area contributed by atoms with Gasteiger partial charge in [0.25, 0.3) is 0 Å². The average Bonchev–Trinajstić information content (AvgIpc) is 2.92. The number of halogens is 2. The number of hydrogen-bond donors (Lipinski definition) is 1. The van der Waals surface area contributed by atoms with Gasteiger partial charge in [0, 0.05) is 11.5 Å². The van der Waals surface area contributed by atoms with E-state index in [1.165, 1.54) is 12.1 Å². The number of carbonyl (C=O) groups is 1. The van der Waals surface area contributed by atoms with Gasteiger partial charge in [0.1, 0.15) is 10.8 Å². The van der Waals surface area contributed by atoms with Crippen LogP contribution in [-0.2, 0) is 4.79 Å². The third kappa shape index (κ3) is 1.57. The molecular formula is C14H12ClFO2. The van der Waals surface area contributed by atoms with Gasteiger partial charge in [-0.25, -0.2) is 4.39 Å². The fourth-order valence-corrected chi connectivity index (χ4v) is 3.24. The van der Waals surface area contributed by atoms with Crippen LogP contribution in [0.3, 0.4) is 0 Å². The van der Waals surface area contributed by atoms with E-state index in [1.807, 2.05) is 0 Å². The highest BCUT2D eigenvalue weighted by Crippen LogP contribution is 2.47. The number of ketones is 1. The number of rotatable bonds is 1. The van der Waals surface area contributed by atoms with Crippen LogP contribution in [0.25, 0.3) is 5.57 Å².